The zero-order valence-corrected chi connectivity index (χ0v) is 21.1. The van der Waals surface area contributed by atoms with Crippen molar-refractivity contribution in [2.75, 3.05) is 21.3 Å². The summed E-state index contributed by atoms with van der Waals surface area (Å²) in [6.07, 6.45) is 0. The van der Waals surface area contributed by atoms with Gasteiger partial charge in [0.2, 0.25) is 0 Å². The van der Waals surface area contributed by atoms with Crippen LogP contribution in [0, 0.1) is 47.4 Å². The second kappa shape index (κ2) is 12.3. The van der Waals surface area contributed by atoms with Crippen LogP contribution in [0.1, 0.15) is 22.3 Å². The first-order chi connectivity index (χ1) is 19.7. The standard InChI is InChI=1S/C34H20N4O2/c39-33-35-29-21-9-5-17-25(29)13-1-2-14-26-18-6-10-22-30(26)36-34(40)38-32-24-12-8-20-28(32)16-4-3-15-27-19-7-11-23-31(27)37-33/h5-12,17-24H,(H2,35,37,39)(H2,36,38,40). The fraction of sp³-hybridized carbons (Fsp3) is 0. The Labute approximate surface area is 232 Å². The summed E-state index contributed by atoms with van der Waals surface area (Å²) in [7, 11) is 0. The van der Waals surface area contributed by atoms with E-state index in [1.165, 1.54) is 0 Å². The molecule has 0 aromatic heterocycles. The second-order valence-electron chi connectivity index (χ2n) is 8.34. The van der Waals surface area contributed by atoms with Gasteiger partial charge in [0.15, 0.2) is 0 Å². The van der Waals surface area contributed by atoms with Crippen molar-refractivity contribution in [3.8, 4) is 47.4 Å². The normalized spacial score (nSPS) is 11.9. The Morgan fingerprint density at radius 3 is 0.825 bits per heavy atom. The van der Waals surface area contributed by atoms with Crippen LogP contribution in [-0.4, -0.2) is 12.1 Å². The van der Waals surface area contributed by atoms with Crippen molar-refractivity contribution in [2.24, 2.45) is 0 Å². The summed E-state index contributed by atoms with van der Waals surface area (Å²) in [6.45, 7) is 0. The monoisotopic (exact) mass is 516 g/mol. The van der Waals surface area contributed by atoms with E-state index in [0.29, 0.717) is 45.0 Å². The average Bonchev–Trinajstić information content (AvgIpc) is 2.96. The van der Waals surface area contributed by atoms with Crippen molar-refractivity contribution in [3.05, 3.63) is 119 Å². The minimum atomic E-state index is -0.438. The van der Waals surface area contributed by atoms with Gasteiger partial charge in [-0.15, -0.1) is 0 Å². The van der Waals surface area contributed by atoms with Gasteiger partial charge in [0, 0.05) is 22.3 Å². The van der Waals surface area contributed by atoms with Crippen LogP contribution in [0.2, 0.25) is 0 Å². The van der Waals surface area contributed by atoms with Gasteiger partial charge in [-0.1, -0.05) is 72.2 Å². The van der Waals surface area contributed by atoms with Crippen molar-refractivity contribution < 1.29 is 9.59 Å². The third-order valence-electron chi connectivity index (χ3n) is 5.61. The van der Waals surface area contributed by atoms with Gasteiger partial charge in [0.25, 0.3) is 0 Å². The fourth-order valence-corrected chi connectivity index (χ4v) is 3.75. The molecule has 0 spiro atoms. The summed E-state index contributed by atoms with van der Waals surface area (Å²) in [5.41, 5.74) is 4.52. The maximum absolute atomic E-state index is 12.8. The lowest BCUT2D eigenvalue weighted by Gasteiger charge is -2.10. The average molecular weight is 517 g/mol. The summed E-state index contributed by atoms with van der Waals surface area (Å²) in [6, 6.07) is 27.8. The number of para-hydroxylation sites is 4. The molecule has 0 bridgehead atoms. The molecule has 4 N–H and O–H groups in total. The number of rotatable bonds is 0. The number of benzene rings is 4. The quantitative estimate of drug-likeness (QED) is 0.213. The molecule has 1 aliphatic heterocycles. The van der Waals surface area contributed by atoms with Gasteiger partial charge in [-0.25, -0.2) is 9.59 Å². The van der Waals surface area contributed by atoms with Gasteiger partial charge in [-0.2, -0.15) is 0 Å². The Kier molecular flexibility index (Phi) is 7.76. The van der Waals surface area contributed by atoms with E-state index in [0.717, 1.165) is 0 Å². The Bertz CT molecular complexity index is 1610. The lowest BCUT2D eigenvalue weighted by atomic mass is 10.1. The van der Waals surface area contributed by atoms with Gasteiger partial charge >= 0.3 is 12.1 Å². The highest BCUT2D eigenvalue weighted by Crippen LogP contribution is 2.19. The Morgan fingerprint density at radius 2 is 0.575 bits per heavy atom. The molecule has 40 heavy (non-hydrogen) atoms. The molecule has 0 atom stereocenters. The van der Waals surface area contributed by atoms with Crippen LogP contribution in [-0.2, 0) is 0 Å². The molecule has 188 valence electrons. The molecule has 0 aliphatic carbocycles. The first kappa shape index (κ1) is 25.3. The maximum atomic E-state index is 12.8. The SMILES string of the molecule is O=C1Nc2ccccc2C#CC#Cc2ccccc2NC(=O)Nc2ccccc2C#CC#Cc2ccccc2N1. The Balaban J connectivity index is 1.55. The molecule has 4 amide bonds. The highest BCUT2D eigenvalue weighted by molar-refractivity contribution is 6.02. The third-order valence-corrected chi connectivity index (χ3v) is 5.61. The highest BCUT2D eigenvalue weighted by Gasteiger charge is 2.09. The van der Waals surface area contributed by atoms with Crippen molar-refractivity contribution in [2.45, 2.75) is 0 Å². The molecular weight excluding hydrogens is 496 g/mol. The van der Waals surface area contributed by atoms with E-state index in [9.17, 15) is 9.59 Å². The summed E-state index contributed by atoms with van der Waals surface area (Å²) in [4.78, 5) is 25.7. The lowest BCUT2D eigenvalue weighted by molar-refractivity contribution is 0.261. The van der Waals surface area contributed by atoms with Crippen LogP contribution in [0.25, 0.3) is 0 Å². The van der Waals surface area contributed by atoms with Crippen molar-refractivity contribution in [1.29, 1.82) is 0 Å². The van der Waals surface area contributed by atoms with Gasteiger partial charge < -0.3 is 21.3 Å². The van der Waals surface area contributed by atoms with Gasteiger partial charge in [0.05, 0.1) is 22.7 Å². The molecule has 4 aromatic carbocycles. The molecule has 1 heterocycles. The number of amides is 4. The van der Waals surface area contributed by atoms with E-state index in [-0.39, 0.29) is 0 Å². The number of anilines is 4. The molecule has 0 saturated carbocycles. The van der Waals surface area contributed by atoms with Crippen LogP contribution in [0.5, 0.6) is 0 Å². The summed E-state index contributed by atoms with van der Waals surface area (Å²) in [5, 5.41) is 11.4. The predicted molar refractivity (Wildman–Crippen MR) is 159 cm³/mol. The summed E-state index contributed by atoms with van der Waals surface area (Å²) >= 11 is 0. The van der Waals surface area contributed by atoms with Crippen LogP contribution in [0.4, 0.5) is 32.3 Å². The molecule has 0 radical (unpaired) electrons. The Hall–Kier alpha value is -6.34. The minimum Gasteiger partial charge on any atom is -0.306 e. The molecule has 0 fully saturated rings. The Morgan fingerprint density at radius 1 is 0.350 bits per heavy atom. The predicted octanol–water partition coefficient (Wildman–Crippen LogP) is 6.09. The first-order valence-corrected chi connectivity index (χ1v) is 12.2. The lowest BCUT2D eigenvalue weighted by Crippen LogP contribution is -2.20. The number of carbonyl (C=O) groups is 2. The van der Waals surface area contributed by atoms with Crippen LogP contribution in [0.3, 0.4) is 0 Å². The van der Waals surface area contributed by atoms with E-state index >= 15 is 0 Å². The largest absolute Gasteiger partial charge is 0.323 e. The van der Waals surface area contributed by atoms with Crippen molar-refractivity contribution in [3.63, 3.8) is 0 Å². The molecule has 6 heteroatoms. The number of fused-ring (bicyclic) bond motifs is 4. The minimum absolute atomic E-state index is 0.438. The molecule has 6 nitrogen and oxygen atoms in total. The number of hydrogen-bond donors (Lipinski definition) is 4. The van der Waals surface area contributed by atoms with E-state index in [1.54, 1.807) is 72.8 Å². The molecule has 5 rings (SSSR count). The van der Waals surface area contributed by atoms with Crippen LogP contribution >= 0.6 is 0 Å². The third kappa shape index (κ3) is 6.50. The number of hydrogen-bond acceptors (Lipinski definition) is 2. The maximum Gasteiger partial charge on any atom is 0.323 e. The first-order valence-electron chi connectivity index (χ1n) is 12.2. The molecule has 0 saturated heterocycles. The van der Waals surface area contributed by atoms with Crippen LogP contribution < -0.4 is 21.3 Å². The van der Waals surface area contributed by atoms with Crippen LogP contribution in [0.15, 0.2) is 97.1 Å². The smallest absolute Gasteiger partial charge is 0.306 e. The van der Waals surface area contributed by atoms with Crippen molar-refractivity contribution >= 4 is 34.8 Å². The second-order valence-corrected chi connectivity index (χ2v) is 8.34. The molecule has 0 unspecified atom stereocenters. The van der Waals surface area contributed by atoms with E-state index < -0.39 is 12.1 Å². The van der Waals surface area contributed by atoms with E-state index in [4.69, 9.17) is 0 Å². The topological polar surface area (TPSA) is 82.3 Å². The van der Waals surface area contributed by atoms with E-state index in [2.05, 4.69) is 68.6 Å². The van der Waals surface area contributed by atoms with E-state index in [1.807, 2.05) is 24.3 Å². The molecule has 4 aromatic rings. The molecular formula is C34H20N4O2. The molecule has 1 aliphatic rings. The van der Waals surface area contributed by atoms with Crippen molar-refractivity contribution in [1.82, 2.24) is 0 Å². The van der Waals surface area contributed by atoms with Gasteiger partial charge in [-0.3, -0.25) is 0 Å². The zero-order chi connectivity index (χ0) is 27.6. The van der Waals surface area contributed by atoms with Gasteiger partial charge in [-0.05, 0) is 72.2 Å². The van der Waals surface area contributed by atoms with Gasteiger partial charge in [0.1, 0.15) is 0 Å². The number of carbonyl (C=O) groups excluding carboxylic acids is 2. The highest BCUT2D eigenvalue weighted by atomic mass is 16.2. The number of urea groups is 2. The zero-order valence-electron chi connectivity index (χ0n) is 21.1. The number of nitrogens with one attached hydrogen (secondary N) is 4. The fourth-order valence-electron chi connectivity index (χ4n) is 3.75. The summed E-state index contributed by atoms with van der Waals surface area (Å²) < 4.78 is 0. The summed E-state index contributed by atoms with van der Waals surface area (Å²) in [5.74, 6) is 23.3.